The molecule has 0 saturated heterocycles. The molecule has 0 radical (unpaired) electrons. The number of rotatable bonds is 5. The summed E-state index contributed by atoms with van der Waals surface area (Å²) in [6.07, 6.45) is 0. The molecule has 11 rings (SSSR count). The molecule has 2 aliphatic carbocycles. The molecule has 1 nitrogen and oxygen atoms in total. The van der Waals surface area contributed by atoms with E-state index >= 15 is 0 Å². The Labute approximate surface area is 339 Å². The van der Waals surface area contributed by atoms with Gasteiger partial charge in [0.05, 0.1) is 5.69 Å². The van der Waals surface area contributed by atoms with Gasteiger partial charge in [-0.1, -0.05) is 155 Å². The summed E-state index contributed by atoms with van der Waals surface area (Å²) in [5, 5.41) is 2.64. The van der Waals surface area contributed by atoms with Crippen LogP contribution >= 0.6 is 11.3 Å². The molecule has 0 unspecified atom stereocenters. The standard InChI is InChI=1S/C55H43NS/c1-34-15-6-7-16-38(34)46-31-35(39-20-14-21-45-44-19-10-13-24-52(44)57-53(39)45)25-30-51(46)56(36-26-28-42-40-17-8-11-22-47(40)54(2,3)49(42)32-36)37-27-29-43-41-18-9-12-23-48(41)55(4,5)50(43)33-37/h6-33H,1-5H3. The van der Waals surface area contributed by atoms with Crippen LogP contribution < -0.4 is 4.90 Å². The first-order chi connectivity index (χ1) is 27.7. The second-order valence-corrected chi connectivity index (χ2v) is 18.0. The third kappa shape index (κ3) is 5.00. The maximum Gasteiger partial charge on any atom is 0.0540 e. The number of hydrogen-bond donors (Lipinski definition) is 0. The fourth-order valence-electron chi connectivity index (χ4n) is 10.1. The van der Waals surface area contributed by atoms with E-state index in [0.29, 0.717) is 0 Å². The third-order valence-electron chi connectivity index (χ3n) is 13.0. The van der Waals surface area contributed by atoms with E-state index in [-0.39, 0.29) is 10.8 Å². The number of thiophene rings is 1. The molecular formula is C55H43NS. The Morgan fingerprint density at radius 1 is 0.404 bits per heavy atom. The van der Waals surface area contributed by atoms with Crippen molar-refractivity contribution in [3.05, 3.63) is 198 Å². The second-order valence-electron chi connectivity index (χ2n) is 17.0. The minimum absolute atomic E-state index is 0.124. The van der Waals surface area contributed by atoms with Crippen LogP contribution in [-0.4, -0.2) is 0 Å². The van der Waals surface area contributed by atoms with E-state index in [1.807, 2.05) is 11.3 Å². The Kier molecular flexibility index (Phi) is 7.40. The summed E-state index contributed by atoms with van der Waals surface area (Å²) < 4.78 is 2.66. The van der Waals surface area contributed by atoms with E-state index in [9.17, 15) is 0 Å². The lowest BCUT2D eigenvalue weighted by atomic mass is 9.82. The molecule has 1 heterocycles. The zero-order chi connectivity index (χ0) is 38.6. The number of fused-ring (bicyclic) bond motifs is 9. The Balaban J connectivity index is 1.17. The van der Waals surface area contributed by atoms with Crippen molar-refractivity contribution < 1.29 is 0 Å². The van der Waals surface area contributed by atoms with Crippen molar-refractivity contribution in [3.63, 3.8) is 0 Å². The maximum atomic E-state index is 2.53. The zero-order valence-corrected chi connectivity index (χ0v) is 33.8. The minimum atomic E-state index is -0.124. The second kappa shape index (κ2) is 12.4. The van der Waals surface area contributed by atoms with Crippen LogP contribution in [0.3, 0.4) is 0 Å². The van der Waals surface area contributed by atoms with Crippen molar-refractivity contribution in [1.29, 1.82) is 0 Å². The molecule has 57 heavy (non-hydrogen) atoms. The largest absolute Gasteiger partial charge is 0.310 e. The van der Waals surface area contributed by atoms with Crippen molar-refractivity contribution in [3.8, 4) is 44.5 Å². The topological polar surface area (TPSA) is 3.24 Å². The van der Waals surface area contributed by atoms with Crippen molar-refractivity contribution in [2.24, 2.45) is 0 Å². The average molecular weight is 750 g/mol. The average Bonchev–Trinajstić information content (AvgIpc) is 3.81. The van der Waals surface area contributed by atoms with Gasteiger partial charge < -0.3 is 4.90 Å². The SMILES string of the molecule is Cc1ccccc1-c1cc(-c2cccc3c2sc2ccccc23)ccc1N(c1ccc2c(c1)C(C)(C)c1ccccc1-2)c1ccc2c(c1)C(C)(C)c1ccccc1-2. The number of benzene rings is 8. The van der Waals surface area contributed by atoms with Gasteiger partial charge in [-0.15, -0.1) is 11.3 Å². The van der Waals surface area contributed by atoms with Crippen LogP contribution in [0.25, 0.3) is 64.7 Å². The molecule has 0 spiro atoms. The van der Waals surface area contributed by atoms with Crippen LogP contribution in [0.15, 0.2) is 170 Å². The van der Waals surface area contributed by atoms with E-state index < -0.39 is 0 Å². The van der Waals surface area contributed by atoms with Crippen LogP contribution in [-0.2, 0) is 10.8 Å². The predicted molar refractivity (Wildman–Crippen MR) is 245 cm³/mol. The van der Waals surface area contributed by atoms with Crippen molar-refractivity contribution >= 4 is 48.6 Å². The smallest absolute Gasteiger partial charge is 0.0540 e. The van der Waals surface area contributed by atoms with Gasteiger partial charge in [0.25, 0.3) is 0 Å². The molecule has 274 valence electrons. The van der Waals surface area contributed by atoms with Gasteiger partial charge >= 0.3 is 0 Å². The Morgan fingerprint density at radius 3 is 1.58 bits per heavy atom. The van der Waals surface area contributed by atoms with E-state index in [2.05, 4.69) is 209 Å². The molecule has 2 aliphatic rings. The lowest BCUT2D eigenvalue weighted by Crippen LogP contribution is -2.18. The van der Waals surface area contributed by atoms with Gasteiger partial charge in [0.15, 0.2) is 0 Å². The van der Waals surface area contributed by atoms with Crippen LogP contribution in [0.1, 0.15) is 55.5 Å². The van der Waals surface area contributed by atoms with E-state index in [4.69, 9.17) is 0 Å². The predicted octanol–water partition coefficient (Wildman–Crippen LogP) is 15.8. The monoisotopic (exact) mass is 749 g/mol. The Morgan fingerprint density at radius 2 is 0.930 bits per heavy atom. The molecule has 9 aromatic rings. The molecular weight excluding hydrogens is 707 g/mol. The van der Waals surface area contributed by atoms with Crippen LogP contribution in [0.4, 0.5) is 17.1 Å². The van der Waals surface area contributed by atoms with Gasteiger partial charge in [0.1, 0.15) is 0 Å². The molecule has 0 atom stereocenters. The molecule has 1 aromatic heterocycles. The Hall–Kier alpha value is -6.22. The summed E-state index contributed by atoms with van der Waals surface area (Å²) in [6, 6.07) is 63.9. The number of anilines is 3. The molecule has 0 fully saturated rings. The lowest BCUT2D eigenvalue weighted by Gasteiger charge is -2.31. The first kappa shape index (κ1) is 34.1. The van der Waals surface area contributed by atoms with E-state index in [1.54, 1.807) is 0 Å². The molecule has 0 bridgehead atoms. The summed E-state index contributed by atoms with van der Waals surface area (Å²) in [6.45, 7) is 11.8. The third-order valence-corrected chi connectivity index (χ3v) is 14.3. The van der Waals surface area contributed by atoms with E-state index in [1.165, 1.54) is 92.5 Å². The lowest BCUT2D eigenvalue weighted by molar-refractivity contribution is 0.660. The maximum absolute atomic E-state index is 2.53. The molecule has 0 saturated carbocycles. The molecule has 0 amide bonds. The number of nitrogens with zero attached hydrogens (tertiary/aromatic N) is 1. The summed E-state index contributed by atoms with van der Waals surface area (Å²) in [7, 11) is 0. The van der Waals surface area contributed by atoms with Crippen molar-refractivity contribution in [1.82, 2.24) is 0 Å². The van der Waals surface area contributed by atoms with Crippen molar-refractivity contribution in [2.45, 2.75) is 45.4 Å². The highest BCUT2D eigenvalue weighted by Crippen LogP contribution is 2.54. The van der Waals surface area contributed by atoms with Gasteiger partial charge in [-0.05, 0) is 116 Å². The zero-order valence-electron chi connectivity index (χ0n) is 33.0. The Bertz CT molecular complexity index is 3000. The summed E-state index contributed by atoms with van der Waals surface area (Å²) in [5.74, 6) is 0. The van der Waals surface area contributed by atoms with Crippen LogP contribution in [0.2, 0.25) is 0 Å². The van der Waals surface area contributed by atoms with Gasteiger partial charge in [-0.25, -0.2) is 0 Å². The first-order valence-corrected chi connectivity index (χ1v) is 20.9. The summed E-state index contributed by atoms with van der Waals surface area (Å²) in [4.78, 5) is 2.53. The van der Waals surface area contributed by atoms with E-state index in [0.717, 1.165) is 17.1 Å². The molecule has 2 heteroatoms. The quantitative estimate of drug-likeness (QED) is 0.169. The highest BCUT2D eigenvalue weighted by molar-refractivity contribution is 7.26. The van der Waals surface area contributed by atoms with Crippen molar-refractivity contribution in [2.75, 3.05) is 4.90 Å². The molecule has 0 aliphatic heterocycles. The fraction of sp³-hybridized carbons (Fsp3) is 0.127. The molecule has 8 aromatic carbocycles. The minimum Gasteiger partial charge on any atom is -0.310 e. The normalized spacial score (nSPS) is 14.3. The highest BCUT2D eigenvalue weighted by Gasteiger charge is 2.38. The highest BCUT2D eigenvalue weighted by atomic mass is 32.1. The van der Waals surface area contributed by atoms with Crippen LogP contribution in [0.5, 0.6) is 0 Å². The van der Waals surface area contributed by atoms with Gasteiger partial charge in [-0.3, -0.25) is 0 Å². The first-order valence-electron chi connectivity index (χ1n) is 20.1. The number of aryl methyl sites for hydroxylation is 1. The van der Waals surface area contributed by atoms with Gasteiger partial charge in [0.2, 0.25) is 0 Å². The fourth-order valence-corrected chi connectivity index (χ4v) is 11.3. The van der Waals surface area contributed by atoms with Gasteiger partial charge in [0, 0.05) is 47.9 Å². The molecule has 0 N–H and O–H groups in total. The number of hydrogen-bond acceptors (Lipinski definition) is 2. The summed E-state index contributed by atoms with van der Waals surface area (Å²) >= 11 is 1.89. The summed E-state index contributed by atoms with van der Waals surface area (Å²) in [5.41, 5.74) is 20.3. The van der Waals surface area contributed by atoms with Crippen LogP contribution in [0, 0.1) is 6.92 Å². The van der Waals surface area contributed by atoms with Gasteiger partial charge in [-0.2, -0.15) is 0 Å².